The van der Waals surface area contributed by atoms with Gasteiger partial charge < -0.3 is 19.5 Å². The van der Waals surface area contributed by atoms with E-state index in [1.807, 2.05) is 0 Å². The highest BCUT2D eigenvalue weighted by Gasteiger charge is 2.27. The number of thiophene rings is 1. The van der Waals surface area contributed by atoms with E-state index >= 15 is 0 Å². The summed E-state index contributed by atoms with van der Waals surface area (Å²) in [6, 6.07) is 9.17. The van der Waals surface area contributed by atoms with E-state index < -0.39 is 28.5 Å². The Morgan fingerprint density at radius 2 is 1.89 bits per heavy atom. The first-order chi connectivity index (χ1) is 16.7. The number of halogens is 2. The van der Waals surface area contributed by atoms with Gasteiger partial charge in [-0.2, -0.15) is 4.31 Å². The van der Waals surface area contributed by atoms with Crippen LogP contribution in [0, 0.1) is 0 Å². The SMILES string of the molecule is COc1ccc2c(Cl)c(C(=O)OCC(=O)Nc3cccc(S(=O)(=O)N4CCOCC4)c3)sc2c1Cl. The Balaban J connectivity index is 1.42. The lowest BCUT2D eigenvalue weighted by Gasteiger charge is -2.26. The van der Waals surface area contributed by atoms with Crippen LogP contribution < -0.4 is 10.1 Å². The minimum Gasteiger partial charge on any atom is -0.495 e. The maximum Gasteiger partial charge on any atom is 0.350 e. The molecule has 0 bridgehead atoms. The van der Waals surface area contributed by atoms with Crippen LogP contribution in [0.5, 0.6) is 5.75 Å². The van der Waals surface area contributed by atoms with Gasteiger partial charge >= 0.3 is 5.97 Å². The first-order valence-electron chi connectivity index (χ1n) is 10.3. The van der Waals surface area contributed by atoms with E-state index in [1.54, 1.807) is 12.1 Å². The van der Waals surface area contributed by atoms with Gasteiger partial charge in [-0.25, -0.2) is 13.2 Å². The molecule has 0 radical (unpaired) electrons. The number of rotatable bonds is 7. The molecule has 0 unspecified atom stereocenters. The molecule has 35 heavy (non-hydrogen) atoms. The molecule has 13 heteroatoms. The summed E-state index contributed by atoms with van der Waals surface area (Å²) in [5, 5.41) is 3.59. The molecule has 2 heterocycles. The molecule has 1 N–H and O–H groups in total. The van der Waals surface area contributed by atoms with Crippen LogP contribution >= 0.6 is 34.5 Å². The number of nitrogens with zero attached hydrogens (tertiary/aromatic N) is 1. The van der Waals surface area contributed by atoms with Crippen LogP contribution in [0.3, 0.4) is 0 Å². The lowest BCUT2D eigenvalue weighted by Crippen LogP contribution is -2.40. The van der Waals surface area contributed by atoms with E-state index in [2.05, 4.69) is 5.32 Å². The molecule has 0 spiro atoms. The van der Waals surface area contributed by atoms with Gasteiger partial charge in [0.25, 0.3) is 5.91 Å². The highest BCUT2D eigenvalue weighted by molar-refractivity contribution is 7.89. The Hall–Kier alpha value is -2.41. The first-order valence-corrected chi connectivity index (χ1v) is 13.3. The molecule has 0 atom stereocenters. The molecule has 2 aromatic carbocycles. The number of hydrogen-bond donors (Lipinski definition) is 1. The zero-order valence-electron chi connectivity index (χ0n) is 18.4. The smallest absolute Gasteiger partial charge is 0.350 e. The van der Waals surface area contributed by atoms with Gasteiger partial charge in [0.2, 0.25) is 10.0 Å². The number of nitrogens with one attached hydrogen (secondary N) is 1. The average Bonchev–Trinajstić information content (AvgIpc) is 3.21. The van der Waals surface area contributed by atoms with Gasteiger partial charge in [-0.05, 0) is 30.3 Å². The van der Waals surface area contributed by atoms with Crippen molar-refractivity contribution in [3.8, 4) is 5.75 Å². The Bertz CT molecular complexity index is 1390. The quantitative estimate of drug-likeness (QED) is 0.435. The van der Waals surface area contributed by atoms with E-state index in [9.17, 15) is 18.0 Å². The van der Waals surface area contributed by atoms with Crippen LogP contribution in [0.15, 0.2) is 41.3 Å². The number of fused-ring (bicyclic) bond motifs is 1. The zero-order chi connectivity index (χ0) is 25.2. The summed E-state index contributed by atoms with van der Waals surface area (Å²) < 4.78 is 43.0. The lowest BCUT2D eigenvalue weighted by molar-refractivity contribution is -0.119. The molecule has 3 aromatic rings. The van der Waals surface area contributed by atoms with E-state index in [0.29, 0.717) is 34.1 Å². The molecule has 0 saturated carbocycles. The summed E-state index contributed by atoms with van der Waals surface area (Å²) in [6.45, 7) is 0.566. The Kier molecular flexibility index (Phi) is 7.84. The topological polar surface area (TPSA) is 111 Å². The van der Waals surface area contributed by atoms with Crippen molar-refractivity contribution in [2.75, 3.05) is 45.3 Å². The van der Waals surface area contributed by atoms with Crippen molar-refractivity contribution in [1.82, 2.24) is 4.31 Å². The van der Waals surface area contributed by atoms with Gasteiger partial charge in [0.1, 0.15) is 15.6 Å². The van der Waals surface area contributed by atoms with Gasteiger partial charge in [-0.1, -0.05) is 29.3 Å². The second-order valence-electron chi connectivity index (χ2n) is 7.37. The summed E-state index contributed by atoms with van der Waals surface area (Å²) >= 11 is 13.7. The Morgan fingerprint density at radius 3 is 2.60 bits per heavy atom. The van der Waals surface area contributed by atoms with Crippen molar-refractivity contribution in [1.29, 1.82) is 0 Å². The predicted octanol–water partition coefficient (Wildman–Crippen LogP) is 4.03. The molecule has 0 aliphatic carbocycles. The van der Waals surface area contributed by atoms with Crippen molar-refractivity contribution >= 4 is 72.2 Å². The highest BCUT2D eigenvalue weighted by atomic mass is 35.5. The van der Waals surface area contributed by atoms with Crippen LogP contribution in [-0.4, -0.2) is 64.6 Å². The number of methoxy groups -OCH3 is 1. The monoisotopic (exact) mass is 558 g/mol. The fraction of sp³-hybridized carbons (Fsp3) is 0.273. The van der Waals surface area contributed by atoms with Crippen molar-refractivity contribution in [2.24, 2.45) is 0 Å². The molecule has 1 saturated heterocycles. The van der Waals surface area contributed by atoms with Gasteiger partial charge in [-0.3, -0.25) is 4.79 Å². The summed E-state index contributed by atoms with van der Waals surface area (Å²) in [6.07, 6.45) is 0. The van der Waals surface area contributed by atoms with Gasteiger partial charge in [-0.15, -0.1) is 11.3 Å². The third kappa shape index (κ3) is 5.40. The van der Waals surface area contributed by atoms with E-state index in [4.69, 9.17) is 37.4 Å². The molecule has 1 aromatic heterocycles. The van der Waals surface area contributed by atoms with Crippen LogP contribution in [0.4, 0.5) is 5.69 Å². The number of sulfonamides is 1. The average molecular weight is 559 g/mol. The summed E-state index contributed by atoms with van der Waals surface area (Å²) in [5.41, 5.74) is 0.249. The van der Waals surface area contributed by atoms with Crippen LogP contribution in [0.2, 0.25) is 10.0 Å². The largest absolute Gasteiger partial charge is 0.495 e. The predicted molar refractivity (Wildman–Crippen MR) is 133 cm³/mol. The fourth-order valence-electron chi connectivity index (χ4n) is 3.43. The molecule has 1 amide bonds. The number of carbonyl (C=O) groups is 2. The van der Waals surface area contributed by atoms with Crippen molar-refractivity contribution in [3.63, 3.8) is 0 Å². The standard InChI is InChI=1S/C22H20Cl2N2O7S2/c1-31-16-6-5-15-18(23)21(34-20(15)19(16)24)22(28)33-12-17(27)25-13-3-2-4-14(11-13)35(29,30)26-7-9-32-10-8-26/h2-6,11H,7-10,12H2,1H3,(H,25,27). The normalized spacial score (nSPS) is 14.6. The number of hydrogen-bond acceptors (Lipinski definition) is 8. The second kappa shape index (κ2) is 10.7. The number of anilines is 1. The molecule has 1 aliphatic heterocycles. The third-order valence-corrected chi connectivity index (χ3v) is 9.26. The highest BCUT2D eigenvalue weighted by Crippen LogP contribution is 2.43. The van der Waals surface area contributed by atoms with Crippen LogP contribution in [-0.2, 0) is 24.3 Å². The van der Waals surface area contributed by atoms with Gasteiger partial charge in [0.15, 0.2) is 6.61 Å². The van der Waals surface area contributed by atoms with Gasteiger partial charge in [0, 0.05) is 24.2 Å². The Morgan fingerprint density at radius 1 is 1.14 bits per heavy atom. The summed E-state index contributed by atoms with van der Waals surface area (Å²) in [7, 11) is -2.25. The van der Waals surface area contributed by atoms with Crippen LogP contribution in [0.1, 0.15) is 9.67 Å². The molecule has 1 fully saturated rings. The number of benzene rings is 2. The minimum atomic E-state index is -3.72. The van der Waals surface area contributed by atoms with Crippen molar-refractivity contribution < 1.29 is 32.2 Å². The number of amides is 1. The molecular weight excluding hydrogens is 539 g/mol. The third-order valence-electron chi connectivity index (χ3n) is 5.17. The number of carbonyl (C=O) groups excluding carboxylic acids is 2. The van der Waals surface area contributed by atoms with E-state index in [1.165, 1.54) is 35.7 Å². The first kappa shape index (κ1) is 25.7. The van der Waals surface area contributed by atoms with E-state index in [0.717, 1.165) is 11.3 Å². The van der Waals surface area contributed by atoms with Gasteiger partial charge in [0.05, 0.1) is 34.9 Å². The minimum absolute atomic E-state index is 0.0403. The molecule has 186 valence electrons. The molecular formula is C22H20Cl2N2O7S2. The number of esters is 1. The van der Waals surface area contributed by atoms with Crippen molar-refractivity contribution in [2.45, 2.75) is 4.90 Å². The number of morpholine rings is 1. The van der Waals surface area contributed by atoms with Crippen molar-refractivity contribution in [3.05, 3.63) is 51.3 Å². The molecule has 9 nitrogen and oxygen atoms in total. The Labute approximate surface area is 215 Å². The summed E-state index contributed by atoms with van der Waals surface area (Å²) in [5.74, 6) is -0.990. The fourth-order valence-corrected chi connectivity index (χ4v) is 6.67. The summed E-state index contributed by atoms with van der Waals surface area (Å²) in [4.78, 5) is 25.1. The lowest BCUT2D eigenvalue weighted by atomic mass is 10.2. The molecule has 1 aliphatic rings. The van der Waals surface area contributed by atoms with Crippen LogP contribution in [0.25, 0.3) is 10.1 Å². The maximum absolute atomic E-state index is 12.8. The van der Waals surface area contributed by atoms with E-state index in [-0.39, 0.29) is 33.6 Å². The molecule has 4 rings (SSSR count). The maximum atomic E-state index is 12.8. The number of ether oxygens (including phenoxy) is 3. The second-order valence-corrected chi connectivity index (χ2v) is 11.1. The zero-order valence-corrected chi connectivity index (χ0v) is 21.5.